The van der Waals surface area contributed by atoms with Gasteiger partial charge in [-0.3, -0.25) is 4.79 Å². The van der Waals surface area contributed by atoms with Gasteiger partial charge in [-0.05, 0) is 18.4 Å². The van der Waals surface area contributed by atoms with E-state index in [1.807, 2.05) is 0 Å². The first kappa shape index (κ1) is 15.6. The van der Waals surface area contributed by atoms with Crippen LogP contribution in [0.2, 0.25) is 0 Å². The van der Waals surface area contributed by atoms with Gasteiger partial charge in [0.2, 0.25) is 5.91 Å². The summed E-state index contributed by atoms with van der Waals surface area (Å²) in [5, 5.41) is 8.94. The number of carbonyl (C=O) groups is 1. The molecule has 1 aliphatic carbocycles. The average Bonchev–Trinajstić information content (AvgIpc) is 3.26. The van der Waals surface area contributed by atoms with Crippen molar-refractivity contribution in [3.05, 3.63) is 42.0 Å². The predicted molar refractivity (Wildman–Crippen MR) is 72.3 cm³/mol. The molecule has 0 unspecified atom stereocenters. The predicted octanol–water partition coefficient (Wildman–Crippen LogP) is 2.62. The summed E-state index contributed by atoms with van der Waals surface area (Å²) in [7, 11) is 0. The highest BCUT2D eigenvalue weighted by molar-refractivity contribution is 5.96. The van der Waals surface area contributed by atoms with Gasteiger partial charge in [0.25, 0.3) is 0 Å². The molecule has 1 aliphatic rings. The lowest BCUT2D eigenvalue weighted by Gasteiger charge is -2.21. The molecular weight excluding hydrogens is 283 g/mol. The maximum atomic E-state index is 13.1. The van der Waals surface area contributed by atoms with Gasteiger partial charge >= 0.3 is 6.18 Å². The summed E-state index contributed by atoms with van der Waals surface area (Å²) >= 11 is 0. The second-order valence-corrected chi connectivity index (χ2v) is 4.91. The Morgan fingerprint density at radius 1 is 1.29 bits per heavy atom. The smallest absolute Gasteiger partial charge is 0.395 e. The number of hydrogen-bond acceptors (Lipinski definition) is 2. The second-order valence-electron chi connectivity index (χ2n) is 4.91. The standard InChI is InChI=1S/C15H16F3NO2/c16-15(17,18)13(11-4-2-1-3-5-11)10-14(21)19(8-9-20)12-6-7-12/h1-5,10,12,20H,6-9H2/b13-10-. The van der Waals surface area contributed by atoms with Crippen molar-refractivity contribution in [3.8, 4) is 0 Å². The Hall–Kier alpha value is -1.82. The summed E-state index contributed by atoms with van der Waals surface area (Å²) in [6, 6.07) is 7.19. The van der Waals surface area contributed by atoms with Crippen LogP contribution in [0.4, 0.5) is 13.2 Å². The summed E-state index contributed by atoms with van der Waals surface area (Å²) < 4.78 is 39.4. The minimum atomic E-state index is -4.61. The number of nitrogens with zero attached hydrogens (tertiary/aromatic N) is 1. The van der Waals surface area contributed by atoms with E-state index in [1.165, 1.54) is 29.2 Å². The lowest BCUT2D eigenvalue weighted by atomic mass is 10.0. The van der Waals surface area contributed by atoms with E-state index >= 15 is 0 Å². The van der Waals surface area contributed by atoms with Crippen LogP contribution >= 0.6 is 0 Å². The quantitative estimate of drug-likeness (QED) is 0.849. The van der Waals surface area contributed by atoms with Crippen LogP contribution in [-0.4, -0.2) is 41.3 Å². The number of hydrogen-bond donors (Lipinski definition) is 1. The number of aliphatic hydroxyl groups is 1. The number of halogens is 3. The normalized spacial score (nSPS) is 15.9. The van der Waals surface area contributed by atoms with Crippen LogP contribution < -0.4 is 0 Å². The molecule has 6 heteroatoms. The molecule has 1 aromatic rings. The summed E-state index contributed by atoms with van der Waals surface area (Å²) in [4.78, 5) is 13.4. The van der Waals surface area contributed by atoms with Crippen LogP contribution in [-0.2, 0) is 4.79 Å². The molecule has 1 fully saturated rings. The Balaban J connectivity index is 2.30. The molecule has 21 heavy (non-hydrogen) atoms. The first-order valence-electron chi connectivity index (χ1n) is 6.69. The van der Waals surface area contributed by atoms with E-state index in [-0.39, 0.29) is 24.8 Å². The minimum Gasteiger partial charge on any atom is -0.395 e. The highest BCUT2D eigenvalue weighted by Crippen LogP contribution is 2.34. The Kier molecular flexibility index (Phi) is 4.67. The molecule has 0 aromatic heterocycles. The molecule has 0 bridgehead atoms. The third-order valence-electron chi connectivity index (χ3n) is 3.27. The molecule has 1 N–H and O–H groups in total. The maximum absolute atomic E-state index is 13.1. The fourth-order valence-electron chi connectivity index (χ4n) is 2.12. The molecule has 0 aliphatic heterocycles. The molecule has 0 heterocycles. The van der Waals surface area contributed by atoms with Crippen LogP contribution in [0.15, 0.2) is 36.4 Å². The van der Waals surface area contributed by atoms with Gasteiger partial charge in [0, 0.05) is 18.7 Å². The van der Waals surface area contributed by atoms with Crippen molar-refractivity contribution in [1.82, 2.24) is 4.90 Å². The van der Waals surface area contributed by atoms with Crippen molar-refractivity contribution in [2.24, 2.45) is 0 Å². The zero-order chi connectivity index (χ0) is 15.5. The van der Waals surface area contributed by atoms with E-state index in [9.17, 15) is 18.0 Å². The fraction of sp³-hybridized carbons (Fsp3) is 0.400. The lowest BCUT2D eigenvalue weighted by molar-refractivity contribution is -0.127. The molecule has 1 aromatic carbocycles. The van der Waals surface area contributed by atoms with Crippen molar-refractivity contribution in [2.75, 3.05) is 13.2 Å². The van der Waals surface area contributed by atoms with E-state index in [1.54, 1.807) is 6.07 Å². The topological polar surface area (TPSA) is 40.5 Å². The molecule has 0 saturated heterocycles. The number of alkyl halides is 3. The van der Waals surface area contributed by atoms with Gasteiger partial charge in [-0.2, -0.15) is 13.2 Å². The number of amides is 1. The fourth-order valence-corrected chi connectivity index (χ4v) is 2.12. The molecule has 1 saturated carbocycles. The average molecular weight is 299 g/mol. The number of carbonyl (C=O) groups excluding carboxylic acids is 1. The Morgan fingerprint density at radius 2 is 1.90 bits per heavy atom. The van der Waals surface area contributed by atoms with Crippen LogP contribution in [0.25, 0.3) is 5.57 Å². The van der Waals surface area contributed by atoms with Gasteiger partial charge in [-0.1, -0.05) is 30.3 Å². The number of benzene rings is 1. The van der Waals surface area contributed by atoms with Crippen molar-refractivity contribution in [2.45, 2.75) is 25.1 Å². The molecular formula is C15H16F3NO2. The number of aliphatic hydroxyl groups excluding tert-OH is 1. The molecule has 0 radical (unpaired) electrons. The van der Waals surface area contributed by atoms with E-state index in [4.69, 9.17) is 5.11 Å². The largest absolute Gasteiger partial charge is 0.417 e. The van der Waals surface area contributed by atoms with E-state index < -0.39 is 17.7 Å². The maximum Gasteiger partial charge on any atom is 0.417 e. The molecule has 114 valence electrons. The van der Waals surface area contributed by atoms with Gasteiger partial charge in [0.15, 0.2) is 0 Å². The summed E-state index contributed by atoms with van der Waals surface area (Å²) in [5.41, 5.74) is -1.00. The van der Waals surface area contributed by atoms with Crippen molar-refractivity contribution in [1.29, 1.82) is 0 Å². The van der Waals surface area contributed by atoms with Crippen LogP contribution in [0.5, 0.6) is 0 Å². The summed E-state index contributed by atoms with van der Waals surface area (Å²) in [5.74, 6) is -0.706. The van der Waals surface area contributed by atoms with Gasteiger partial charge in [0.05, 0.1) is 12.2 Å². The SMILES string of the molecule is O=C(/C=C(/c1ccccc1)C(F)(F)F)N(CCO)C1CC1. The van der Waals surface area contributed by atoms with Crippen molar-refractivity contribution < 1.29 is 23.1 Å². The van der Waals surface area contributed by atoms with E-state index in [2.05, 4.69) is 0 Å². The molecule has 2 rings (SSSR count). The molecule has 0 spiro atoms. The van der Waals surface area contributed by atoms with Crippen LogP contribution in [0, 0.1) is 0 Å². The van der Waals surface area contributed by atoms with Gasteiger partial charge < -0.3 is 10.0 Å². The third-order valence-corrected chi connectivity index (χ3v) is 3.27. The minimum absolute atomic E-state index is 0.0434. The van der Waals surface area contributed by atoms with E-state index in [0.29, 0.717) is 6.08 Å². The van der Waals surface area contributed by atoms with Gasteiger partial charge in [0.1, 0.15) is 0 Å². The molecule has 3 nitrogen and oxygen atoms in total. The number of allylic oxidation sites excluding steroid dienone is 1. The zero-order valence-corrected chi connectivity index (χ0v) is 11.3. The van der Waals surface area contributed by atoms with Gasteiger partial charge in [-0.15, -0.1) is 0 Å². The molecule has 1 amide bonds. The van der Waals surface area contributed by atoms with Gasteiger partial charge in [-0.25, -0.2) is 0 Å². The zero-order valence-electron chi connectivity index (χ0n) is 11.3. The van der Waals surface area contributed by atoms with Crippen LogP contribution in [0.1, 0.15) is 18.4 Å². The summed E-state index contributed by atoms with van der Waals surface area (Å²) in [6.45, 7) is -0.206. The Morgan fingerprint density at radius 3 is 2.38 bits per heavy atom. The number of rotatable bonds is 5. The van der Waals surface area contributed by atoms with Crippen molar-refractivity contribution in [3.63, 3.8) is 0 Å². The third kappa shape index (κ3) is 4.07. The highest BCUT2D eigenvalue weighted by atomic mass is 19.4. The Bertz CT molecular complexity index is 521. The molecule has 0 atom stereocenters. The van der Waals surface area contributed by atoms with E-state index in [0.717, 1.165) is 12.8 Å². The van der Waals surface area contributed by atoms with Crippen LogP contribution in [0.3, 0.4) is 0 Å². The first-order valence-corrected chi connectivity index (χ1v) is 6.69. The Labute approximate surface area is 120 Å². The lowest BCUT2D eigenvalue weighted by Crippen LogP contribution is -2.34. The monoisotopic (exact) mass is 299 g/mol. The first-order chi connectivity index (χ1) is 9.93. The summed E-state index contributed by atoms with van der Waals surface area (Å²) in [6.07, 6.45) is -2.44. The van der Waals surface area contributed by atoms with Crippen molar-refractivity contribution >= 4 is 11.5 Å². The second kappa shape index (κ2) is 6.30. The highest BCUT2D eigenvalue weighted by Gasteiger charge is 2.37.